The zero-order valence-corrected chi connectivity index (χ0v) is 12.6. The third kappa shape index (κ3) is 3.02. The first-order valence-electron chi connectivity index (χ1n) is 7.58. The van der Waals surface area contributed by atoms with Crippen LogP contribution in [0.1, 0.15) is 26.7 Å². The highest BCUT2D eigenvalue weighted by Gasteiger charge is 2.50. The van der Waals surface area contributed by atoms with Crippen LogP contribution < -0.4 is 4.74 Å². The van der Waals surface area contributed by atoms with Gasteiger partial charge in [0.25, 0.3) is 0 Å². The first-order valence-corrected chi connectivity index (χ1v) is 7.58. The number of pyridine rings is 1. The van der Waals surface area contributed by atoms with Gasteiger partial charge in [0.1, 0.15) is 11.7 Å². The standard InChI is InChI=1S/C16H22N2O3/c1-12(2)15(19)18-10-16(11-18)9-13(6-8-20-16)21-14-5-3-4-7-17-14/h3-5,7,12-13H,6,8-11H2,1-2H3. The smallest absolute Gasteiger partial charge is 0.225 e. The Morgan fingerprint density at radius 1 is 1.48 bits per heavy atom. The summed E-state index contributed by atoms with van der Waals surface area (Å²) >= 11 is 0. The van der Waals surface area contributed by atoms with Gasteiger partial charge in [0, 0.05) is 31.0 Å². The molecule has 2 aliphatic heterocycles. The van der Waals surface area contributed by atoms with E-state index in [1.54, 1.807) is 6.20 Å². The van der Waals surface area contributed by atoms with E-state index in [9.17, 15) is 4.79 Å². The minimum atomic E-state index is -0.206. The van der Waals surface area contributed by atoms with Crippen LogP contribution in [0.5, 0.6) is 5.88 Å². The van der Waals surface area contributed by atoms with Gasteiger partial charge in [-0.15, -0.1) is 0 Å². The number of nitrogens with zero attached hydrogens (tertiary/aromatic N) is 2. The molecule has 1 aromatic rings. The summed E-state index contributed by atoms with van der Waals surface area (Å²) in [4.78, 5) is 18.0. The van der Waals surface area contributed by atoms with Crippen LogP contribution in [0.4, 0.5) is 0 Å². The van der Waals surface area contributed by atoms with E-state index in [4.69, 9.17) is 9.47 Å². The van der Waals surface area contributed by atoms with Gasteiger partial charge in [0.05, 0.1) is 19.7 Å². The van der Waals surface area contributed by atoms with Gasteiger partial charge in [-0.25, -0.2) is 4.98 Å². The predicted octanol–water partition coefficient (Wildman–Crippen LogP) is 1.88. The number of rotatable bonds is 3. The molecule has 5 nitrogen and oxygen atoms in total. The fraction of sp³-hybridized carbons (Fsp3) is 0.625. The topological polar surface area (TPSA) is 51.7 Å². The first kappa shape index (κ1) is 14.3. The van der Waals surface area contributed by atoms with E-state index in [0.717, 1.165) is 12.8 Å². The van der Waals surface area contributed by atoms with Gasteiger partial charge < -0.3 is 14.4 Å². The normalized spacial score (nSPS) is 24.0. The second-order valence-electron chi connectivity index (χ2n) is 6.28. The Kier molecular flexibility index (Phi) is 3.85. The van der Waals surface area contributed by atoms with Crippen molar-refractivity contribution >= 4 is 5.91 Å². The number of ether oxygens (including phenoxy) is 2. The lowest BCUT2D eigenvalue weighted by Gasteiger charge is -2.53. The Bertz CT molecular complexity index is 498. The van der Waals surface area contributed by atoms with Gasteiger partial charge in [-0.1, -0.05) is 19.9 Å². The Labute approximate surface area is 125 Å². The van der Waals surface area contributed by atoms with E-state index in [-0.39, 0.29) is 23.5 Å². The number of amides is 1. The number of hydrogen-bond acceptors (Lipinski definition) is 4. The van der Waals surface area contributed by atoms with Crippen molar-refractivity contribution in [3.05, 3.63) is 24.4 Å². The van der Waals surface area contributed by atoms with Gasteiger partial charge >= 0.3 is 0 Å². The fourth-order valence-electron chi connectivity index (χ4n) is 3.06. The summed E-state index contributed by atoms with van der Waals surface area (Å²) in [5.74, 6) is 0.914. The van der Waals surface area contributed by atoms with Crippen molar-refractivity contribution in [3.8, 4) is 5.88 Å². The van der Waals surface area contributed by atoms with E-state index in [2.05, 4.69) is 4.98 Å². The Balaban J connectivity index is 1.56. The molecular formula is C16H22N2O3. The molecule has 1 aromatic heterocycles. The minimum Gasteiger partial charge on any atom is -0.474 e. The molecule has 2 saturated heterocycles. The second-order valence-corrected chi connectivity index (χ2v) is 6.28. The number of carbonyl (C=O) groups is 1. The molecule has 5 heteroatoms. The molecule has 0 bridgehead atoms. The Hall–Kier alpha value is -1.62. The van der Waals surface area contributed by atoms with Crippen molar-refractivity contribution in [1.29, 1.82) is 0 Å². The van der Waals surface area contributed by atoms with Crippen molar-refractivity contribution < 1.29 is 14.3 Å². The van der Waals surface area contributed by atoms with Gasteiger partial charge in [0.2, 0.25) is 11.8 Å². The van der Waals surface area contributed by atoms with Gasteiger partial charge in [0.15, 0.2) is 0 Å². The average Bonchev–Trinajstić information content (AvgIpc) is 2.45. The van der Waals surface area contributed by atoms with E-state index < -0.39 is 0 Å². The molecule has 2 aliphatic rings. The summed E-state index contributed by atoms with van der Waals surface area (Å²) in [5, 5.41) is 0. The summed E-state index contributed by atoms with van der Waals surface area (Å²) in [6.45, 7) is 5.92. The van der Waals surface area contributed by atoms with Gasteiger partial charge in [-0.2, -0.15) is 0 Å². The highest BCUT2D eigenvalue weighted by Crippen LogP contribution is 2.36. The average molecular weight is 290 g/mol. The monoisotopic (exact) mass is 290 g/mol. The fourth-order valence-corrected chi connectivity index (χ4v) is 3.06. The first-order chi connectivity index (χ1) is 10.1. The van der Waals surface area contributed by atoms with Gasteiger partial charge in [-0.05, 0) is 6.07 Å². The molecule has 0 N–H and O–H groups in total. The summed E-state index contributed by atoms with van der Waals surface area (Å²) in [5.41, 5.74) is -0.206. The molecule has 3 heterocycles. The van der Waals surface area contributed by atoms with Crippen LogP contribution in [0.15, 0.2) is 24.4 Å². The van der Waals surface area contributed by atoms with Crippen LogP contribution in [0.3, 0.4) is 0 Å². The molecule has 1 atom stereocenters. The van der Waals surface area contributed by atoms with Crippen molar-refractivity contribution in [2.24, 2.45) is 5.92 Å². The molecule has 3 rings (SSSR count). The highest BCUT2D eigenvalue weighted by atomic mass is 16.5. The predicted molar refractivity (Wildman–Crippen MR) is 78.0 cm³/mol. The zero-order valence-electron chi connectivity index (χ0n) is 12.6. The van der Waals surface area contributed by atoms with Crippen LogP contribution in [-0.4, -0.2) is 47.2 Å². The molecule has 0 radical (unpaired) electrons. The molecule has 1 unspecified atom stereocenters. The minimum absolute atomic E-state index is 0.0477. The lowest BCUT2D eigenvalue weighted by Crippen LogP contribution is -2.68. The molecule has 1 amide bonds. The van der Waals surface area contributed by atoms with Crippen LogP contribution >= 0.6 is 0 Å². The largest absolute Gasteiger partial charge is 0.474 e. The van der Waals surface area contributed by atoms with E-state index >= 15 is 0 Å². The molecule has 114 valence electrons. The third-order valence-corrected chi connectivity index (χ3v) is 4.14. The van der Waals surface area contributed by atoms with Crippen LogP contribution in [0.25, 0.3) is 0 Å². The summed E-state index contributed by atoms with van der Waals surface area (Å²) < 4.78 is 11.9. The number of hydrogen-bond donors (Lipinski definition) is 0. The molecule has 21 heavy (non-hydrogen) atoms. The maximum atomic E-state index is 12.0. The molecule has 2 fully saturated rings. The molecule has 0 aromatic carbocycles. The Morgan fingerprint density at radius 3 is 2.95 bits per heavy atom. The van der Waals surface area contributed by atoms with E-state index in [1.807, 2.05) is 36.9 Å². The second kappa shape index (κ2) is 5.64. The highest BCUT2D eigenvalue weighted by molar-refractivity contribution is 5.79. The van der Waals surface area contributed by atoms with Crippen molar-refractivity contribution in [1.82, 2.24) is 9.88 Å². The van der Waals surface area contributed by atoms with Crippen LogP contribution in [-0.2, 0) is 9.53 Å². The summed E-state index contributed by atoms with van der Waals surface area (Å²) in [6, 6.07) is 5.67. The molecule has 1 spiro atoms. The lowest BCUT2D eigenvalue weighted by molar-refractivity contribution is -0.195. The van der Waals surface area contributed by atoms with Gasteiger partial charge in [-0.3, -0.25) is 4.79 Å². The van der Waals surface area contributed by atoms with Crippen molar-refractivity contribution in [2.45, 2.75) is 38.4 Å². The maximum absolute atomic E-state index is 12.0. The number of likely N-dealkylation sites (tertiary alicyclic amines) is 1. The van der Waals surface area contributed by atoms with Crippen LogP contribution in [0.2, 0.25) is 0 Å². The molecule has 0 saturated carbocycles. The van der Waals surface area contributed by atoms with Crippen molar-refractivity contribution in [2.75, 3.05) is 19.7 Å². The SMILES string of the molecule is CC(C)C(=O)N1CC2(CC(Oc3ccccn3)CCO2)C1. The molecule has 0 aliphatic carbocycles. The quantitative estimate of drug-likeness (QED) is 0.853. The zero-order chi connectivity index (χ0) is 14.9. The molecular weight excluding hydrogens is 268 g/mol. The Morgan fingerprint density at radius 2 is 2.29 bits per heavy atom. The van der Waals surface area contributed by atoms with E-state index in [1.165, 1.54) is 0 Å². The van der Waals surface area contributed by atoms with E-state index in [0.29, 0.717) is 25.6 Å². The van der Waals surface area contributed by atoms with Crippen LogP contribution in [0, 0.1) is 5.92 Å². The number of carbonyl (C=O) groups excluding carboxylic acids is 1. The summed E-state index contributed by atoms with van der Waals surface area (Å²) in [6.07, 6.45) is 3.54. The van der Waals surface area contributed by atoms with Crippen molar-refractivity contribution in [3.63, 3.8) is 0 Å². The summed E-state index contributed by atoms with van der Waals surface area (Å²) in [7, 11) is 0. The maximum Gasteiger partial charge on any atom is 0.225 e. The number of aromatic nitrogens is 1. The lowest BCUT2D eigenvalue weighted by atomic mass is 9.84. The third-order valence-electron chi connectivity index (χ3n) is 4.14.